The van der Waals surface area contributed by atoms with Crippen LogP contribution in [0.25, 0.3) is 0 Å². The molecule has 0 spiro atoms. The van der Waals surface area contributed by atoms with Crippen molar-refractivity contribution < 1.29 is 19.5 Å². The molecule has 3 N–H and O–H groups in total. The lowest BCUT2D eigenvalue weighted by atomic mass is 10.2. The van der Waals surface area contributed by atoms with Crippen molar-refractivity contribution in [3.8, 4) is 0 Å². The van der Waals surface area contributed by atoms with Gasteiger partial charge in [0, 0.05) is 0 Å². The molecule has 0 heterocycles. The van der Waals surface area contributed by atoms with Crippen LogP contribution in [0.1, 0.15) is 0 Å². The Morgan fingerprint density at radius 3 is 2.56 bits per heavy atom. The second-order valence-electron chi connectivity index (χ2n) is 3.12. The van der Waals surface area contributed by atoms with Crippen molar-refractivity contribution in [1.82, 2.24) is 0 Å². The van der Waals surface area contributed by atoms with Crippen molar-refractivity contribution in [1.29, 1.82) is 0 Å². The highest BCUT2D eigenvalue weighted by molar-refractivity contribution is 5.61. The summed E-state index contributed by atoms with van der Waals surface area (Å²) in [6.07, 6.45) is 0. The molecule has 0 aliphatic rings. The second-order valence-corrected chi connectivity index (χ2v) is 3.12. The van der Waals surface area contributed by atoms with Gasteiger partial charge in [-0.3, -0.25) is 10.1 Å². The number of nitrogens with one attached hydrogen (secondary N) is 1. The number of aliphatic hydroxyl groups excluding tert-OH is 2. The Morgan fingerprint density at radius 2 is 2.06 bits per heavy atom. The van der Waals surface area contributed by atoms with Gasteiger partial charge in [0.2, 0.25) is 0 Å². The van der Waals surface area contributed by atoms with Crippen LogP contribution in [-0.2, 0) is 0 Å². The van der Waals surface area contributed by atoms with Crippen molar-refractivity contribution in [3.63, 3.8) is 0 Å². The van der Waals surface area contributed by atoms with Crippen LogP contribution < -0.4 is 5.32 Å². The molecule has 1 aromatic carbocycles. The van der Waals surface area contributed by atoms with E-state index in [0.717, 1.165) is 12.1 Å². The van der Waals surface area contributed by atoms with E-state index in [1.165, 1.54) is 6.07 Å². The summed E-state index contributed by atoms with van der Waals surface area (Å²) in [7, 11) is 0. The number of nitro groups is 1. The predicted molar refractivity (Wildman–Crippen MR) is 54.6 cm³/mol. The SMILES string of the molecule is O=[N+]([O-])c1cc(F)ccc1NC(CO)CO. The molecule has 0 aliphatic heterocycles. The Bertz CT molecular complexity index is 382. The molecule has 0 saturated heterocycles. The van der Waals surface area contributed by atoms with Gasteiger partial charge in [0.25, 0.3) is 5.69 Å². The molecule has 0 radical (unpaired) electrons. The highest BCUT2D eigenvalue weighted by Gasteiger charge is 2.17. The third-order valence-corrected chi connectivity index (χ3v) is 1.96. The maximum atomic E-state index is 12.8. The molecule has 1 rings (SSSR count). The van der Waals surface area contributed by atoms with Crippen LogP contribution in [-0.4, -0.2) is 34.4 Å². The van der Waals surface area contributed by atoms with Gasteiger partial charge in [0.1, 0.15) is 11.5 Å². The summed E-state index contributed by atoms with van der Waals surface area (Å²) in [4.78, 5) is 9.87. The zero-order chi connectivity index (χ0) is 12.1. The minimum absolute atomic E-state index is 0.0551. The Morgan fingerprint density at radius 1 is 1.44 bits per heavy atom. The summed E-state index contributed by atoms with van der Waals surface area (Å²) in [6, 6.07) is 2.30. The third-order valence-electron chi connectivity index (χ3n) is 1.96. The Balaban J connectivity index is 2.98. The number of nitro benzene ring substituents is 1. The maximum Gasteiger partial charge on any atom is 0.295 e. The van der Waals surface area contributed by atoms with Crippen molar-refractivity contribution in [2.75, 3.05) is 18.5 Å². The molecule has 0 bridgehead atoms. The van der Waals surface area contributed by atoms with E-state index < -0.39 is 22.5 Å². The van der Waals surface area contributed by atoms with Gasteiger partial charge >= 0.3 is 0 Å². The fraction of sp³-hybridized carbons (Fsp3) is 0.333. The molecule has 0 saturated carbocycles. The van der Waals surface area contributed by atoms with Crippen molar-refractivity contribution in [2.45, 2.75) is 6.04 Å². The predicted octanol–water partition coefficient (Wildman–Crippen LogP) is 0.499. The first-order valence-corrected chi connectivity index (χ1v) is 4.50. The van der Waals surface area contributed by atoms with Crippen LogP contribution in [0, 0.1) is 15.9 Å². The number of hydrogen-bond acceptors (Lipinski definition) is 5. The second kappa shape index (κ2) is 5.38. The number of nitrogens with zero attached hydrogens (tertiary/aromatic N) is 1. The Labute approximate surface area is 90.5 Å². The number of benzene rings is 1. The Kier molecular flexibility index (Phi) is 4.15. The molecule has 0 aromatic heterocycles. The number of aliphatic hydroxyl groups is 2. The zero-order valence-corrected chi connectivity index (χ0v) is 8.26. The summed E-state index contributed by atoms with van der Waals surface area (Å²) in [5.74, 6) is -0.721. The van der Waals surface area contributed by atoms with E-state index in [4.69, 9.17) is 10.2 Å². The molecule has 7 heteroatoms. The molecular formula is C9H11FN2O4. The molecule has 0 atom stereocenters. The van der Waals surface area contributed by atoms with Gasteiger partial charge in [0.05, 0.1) is 30.2 Å². The summed E-state index contributed by atoms with van der Waals surface area (Å²) in [5.41, 5.74) is -0.383. The lowest BCUT2D eigenvalue weighted by Crippen LogP contribution is -2.28. The van der Waals surface area contributed by atoms with Gasteiger partial charge < -0.3 is 15.5 Å². The van der Waals surface area contributed by atoms with E-state index in [2.05, 4.69) is 5.32 Å². The van der Waals surface area contributed by atoms with Crippen LogP contribution in [0.5, 0.6) is 0 Å². The molecule has 16 heavy (non-hydrogen) atoms. The number of rotatable bonds is 5. The fourth-order valence-corrected chi connectivity index (χ4v) is 1.15. The lowest BCUT2D eigenvalue weighted by molar-refractivity contribution is -0.384. The number of halogens is 1. The topological polar surface area (TPSA) is 95.6 Å². The molecular weight excluding hydrogens is 219 g/mol. The Hall–Kier alpha value is -1.73. The van der Waals surface area contributed by atoms with Crippen molar-refractivity contribution >= 4 is 11.4 Å². The average molecular weight is 230 g/mol. The van der Waals surface area contributed by atoms with Crippen LogP contribution >= 0.6 is 0 Å². The van der Waals surface area contributed by atoms with Crippen LogP contribution in [0.2, 0.25) is 0 Å². The van der Waals surface area contributed by atoms with Gasteiger partial charge in [-0.05, 0) is 12.1 Å². The first kappa shape index (κ1) is 12.3. The molecule has 0 aliphatic carbocycles. The minimum Gasteiger partial charge on any atom is -0.394 e. The monoisotopic (exact) mass is 230 g/mol. The van der Waals surface area contributed by atoms with Gasteiger partial charge in [-0.25, -0.2) is 4.39 Å². The molecule has 0 amide bonds. The van der Waals surface area contributed by atoms with Gasteiger partial charge in [-0.1, -0.05) is 0 Å². The summed E-state index contributed by atoms with van der Waals surface area (Å²) in [5, 5.41) is 30.8. The van der Waals surface area contributed by atoms with Crippen molar-refractivity contribution in [2.24, 2.45) is 0 Å². The zero-order valence-electron chi connectivity index (χ0n) is 8.26. The smallest absolute Gasteiger partial charge is 0.295 e. The van der Waals surface area contributed by atoms with Crippen LogP contribution in [0.3, 0.4) is 0 Å². The van der Waals surface area contributed by atoms with E-state index in [9.17, 15) is 14.5 Å². The normalized spacial score (nSPS) is 10.5. The summed E-state index contributed by atoms with van der Waals surface area (Å²) in [6.45, 7) is -0.768. The molecule has 88 valence electrons. The largest absolute Gasteiger partial charge is 0.394 e. The minimum atomic E-state index is -0.739. The molecule has 6 nitrogen and oxygen atoms in total. The van der Waals surface area contributed by atoms with E-state index in [0.29, 0.717) is 0 Å². The molecule has 0 unspecified atom stereocenters. The van der Waals surface area contributed by atoms with Crippen LogP contribution in [0.4, 0.5) is 15.8 Å². The van der Waals surface area contributed by atoms with E-state index in [-0.39, 0.29) is 18.9 Å². The third kappa shape index (κ3) is 2.88. The quantitative estimate of drug-likeness (QED) is 0.505. The maximum absolute atomic E-state index is 12.8. The first-order valence-electron chi connectivity index (χ1n) is 4.50. The fourth-order valence-electron chi connectivity index (χ4n) is 1.15. The highest BCUT2D eigenvalue weighted by Crippen LogP contribution is 2.25. The summed E-state index contributed by atoms with van der Waals surface area (Å²) < 4.78 is 12.8. The van der Waals surface area contributed by atoms with Gasteiger partial charge in [-0.15, -0.1) is 0 Å². The van der Waals surface area contributed by atoms with E-state index in [1.54, 1.807) is 0 Å². The lowest BCUT2D eigenvalue weighted by Gasteiger charge is -2.14. The van der Waals surface area contributed by atoms with E-state index in [1.807, 2.05) is 0 Å². The first-order chi connectivity index (χ1) is 7.58. The van der Waals surface area contributed by atoms with Gasteiger partial charge in [0.15, 0.2) is 0 Å². The standard InChI is InChI=1S/C9H11FN2O4/c10-6-1-2-8(9(3-6)12(15)16)11-7(4-13)5-14/h1-3,7,11,13-14H,4-5H2. The number of anilines is 1. The van der Waals surface area contributed by atoms with Gasteiger partial charge in [-0.2, -0.15) is 0 Å². The van der Waals surface area contributed by atoms with E-state index >= 15 is 0 Å². The van der Waals surface area contributed by atoms with Crippen LogP contribution in [0.15, 0.2) is 18.2 Å². The summed E-state index contributed by atoms with van der Waals surface area (Å²) >= 11 is 0. The molecule has 0 fully saturated rings. The number of hydrogen-bond donors (Lipinski definition) is 3. The van der Waals surface area contributed by atoms with Crippen molar-refractivity contribution in [3.05, 3.63) is 34.1 Å². The highest BCUT2D eigenvalue weighted by atomic mass is 19.1. The molecule has 1 aromatic rings. The average Bonchev–Trinajstić information content (AvgIpc) is 2.27.